The van der Waals surface area contributed by atoms with Gasteiger partial charge in [-0.3, -0.25) is 9.69 Å². The third kappa shape index (κ3) is 7.60. The van der Waals surface area contributed by atoms with Crippen molar-refractivity contribution in [3.63, 3.8) is 0 Å². The lowest BCUT2D eigenvalue weighted by Crippen LogP contribution is -2.34. The molecule has 4 heterocycles. The zero-order chi connectivity index (χ0) is 29.5. The van der Waals surface area contributed by atoms with Crippen LogP contribution in [-0.2, 0) is 33.7 Å². The van der Waals surface area contributed by atoms with Gasteiger partial charge < -0.3 is 24.6 Å². The van der Waals surface area contributed by atoms with Crippen molar-refractivity contribution in [3.8, 4) is 5.75 Å². The van der Waals surface area contributed by atoms with Crippen LogP contribution in [-0.4, -0.2) is 73.2 Å². The number of carboxylic acids is 1. The highest BCUT2D eigenvalue weighted by atomic mass is 19.1. The molecule has 3 atom stereocenters. The first-order valence-corrected chi connectivity index (χ1v) is 15.6. The molecule has 5 rings (SSSR count). The van der Waals surface area contributed by atoms with Crippen molar-refractivity contribution in [2.24, 2.45) is 5.92 Å². The molecule has 0 amide bonds. The van der Waals surface area contributed by atoms with Gasteiger partial charge in [-0.1, -0.05) is 30.2 Å². The number of ether oxygens (including phenoxy) is 3. The van der Waals surface area contributed by atoms with Gasteiger partial charge in [-0.2, -0.15) is 0 Å². The van der Waals surface area contributed by atoms with Crippen LogP contribution in [0, 0.1) is 12.8 Å². The number of aryl methyl sites for hydroxylation is 2. The predicted molar refractivity (Wildman–Crippen MR) is 160 cm³/mol. The van der Waals surface area contributed by atoms with E-state index < -0.39 is 18.2 Å². The molecule has 0 aliphatic carbocycles. The average molecular weight is 584 g/mol. The number of hydrogen-bond donors (Lipinski definition) is 2. The number of carbonyl (C=O) groups is 1. The van der Waals surface area contributed by atoms with E-state index in [1.807, 2.05) is 36.1 Å². The van der Waals surface area contributed by atoms with E-state index in [1.54, 1.807) is 7.11 Å². The number of alkyl halides is 1. The Balaban J connectivity index is 1.15. The van der Waals surface area contributed by atoms with Crippen LogP contribution in [0.5, 0.6) is 5.75 Å². The highest BCUT2D eigenvalue weighted by molar-refractivity contribution is 5.76. The number of fused-ring (bicyclic) bond motifs is 1. The van der Waals surface area contributed by atoms with Crippen LogP contribution in [0.4, 0.5) is 10.2 Å². The Morgan fingerprint density at radius 3 is 2.86 bits per heavy atom. The van der Waals surface area contributed by atoms with Crippen molar-refractivity contribution in [2.45, 2.75) is 89.6 Å². The predicted octanol–water partition coefficient (Wildman–Crippen LogP) is 5.65. The van der Waals surface area contributed by atoms with Gasteiger partial charge in [-0.25, -0.2) is 9.37 Å². The molecule has 42 heavy (non-hydrogen) atoms. The molecule has 3 unspecified atom stereocenters. The number of methoxy groups -OCH3 is 1. The quantitative estimate of drug-likeness (QED) is 0.292. The van der Waals surface area contributed by atoms with Gasteiger partial charge in [0.15, 0.2) is 0 Å². The molecule has 0 saturated carbocycles. The summed E-state index contributed by atoms with van der Waals surface area (Å²) in [5.74, 6) is 0.748. The first kappa shape index (κ1) is 30.7. The molecule has 1 aromatic carbocycles. The molecule has 0 spiro atoms. The summed E-state index contributed by atoms with van der Waals surface area (Å²) >= 11 is 0. The zero-order valence-corrected chi connectivity index (χ0v) is 25.1. The minimum absolute atomic E-state index is 0.126. The van der Waals surface area contributed by atoms with E-state index in [0.717, 1.165) is 91.0 Å². The van der Waals surface area contributed by atoms with Gasteiger partial charge >= 0.3 is 5.97 Å². The normalized spacial score (nSPS) is 21.0. The Kier molecular flexibility index (Phi) is 10.7. The molecule has 3 aliphatic heterocycles. The number of nitrogens with one attached hydrogen (secondary N) is 1. The molecule has 0 radical (unpaired) electrons. The fourth-order valence-electron chi connectivity index (χ4n) is 6.63. The molecular formula is C33H46FN3O5. The van der Waals surface area contributed by atoms with Crippen LogP contribution in [0.3, 0.4) is 0 Å². The van der Waals surface area contributed by atoms with E-state index in [-0.39, 0.29) is 12.0 Å². The lowest BCUT2D eigenvalue weighted by molar-refractivity contribution is -0.143. The monoisotopic (exact) mass is 583 g/mol. The minimum atomic E-state index is -0.953. The number of benzene rings is 1. The van der Waals surface area contributed by atoms with E-state index in [1.165, 1.54) is 0 Å². The summed E-state index contributed by atoms with van der Waals surface area (Å²) in [6.45, 7) is 5.67. The van der Waals surface area contributed by atoms with Crippen LogP contribution in [0.1, 0.15) is 78.9 Å². The summed E-state index contributed by atoms with van der Waals surface area (Å²) in [7, 11) is 1.70. The van der Waals surface area contributed by atoms with Crippen LogP contribution < -0.4 is 10.1 Å². The molecule has 2 saturated heterocycles. The van der Waals surface area contributed by atoms with Crippen LogP contribution in [0.2, 0.25) is 0 Å². The second-order valence-corrected chi connectivity index (χ2v) is 12.0. The van der Waals surface area contributed by atoms with Crippen molar-refractivity contribution >= 4 is 11.8 Å². The van der Waals surface area contributed by atoms with Crippen molar-refractivity contribution in [1.29, 1.82) is 0 Å². The largest absolute Gasteiger partial charge is 0.496 e. The number of aliphatic carboxylic acids is 1. The zero-order valence-electron chi connectivity index (χ0n) is 25.1. The molecule has 9 heteroatoms. The number of rotatable bonds is 13. The molecule has 2 N–H and O–H groups in total. The number of pyridine rings is 1. The van der Waals surface area contributed by atoms with E-state index in [2.05, 4.69) is 5.32 Å². The Bertz CT molecular complexity index is 1190. The van der Waals surface area contributed by atoms with Crippen molar-refractivity contribution in [2.75, 3.05) is 45.3 Å². The first-order valence-electron chi connectivity index (χ1n) is 15.6. The summed E-state index contributed by atoms with van der Waals surface area (Å²) in [5.41, 5.74) is 4.77. The summed E-state index contributed by atoms with van der Waals surface area (Å²) in [4.78, 5) is 19.3. The topological polar surface area (TPSA) is 93.2 Å². The minimum Gasteiger partial charge on any atom is -0.496 e. The molecule has 8 nitrogen and oxygen atoms in total. The van der Waals surface area contributed by atoms with Crippen LogP contribution >= 0.6 is 0 Å². The van der Waals surface area contributed by atoms with E-state index in [9.17, 15) is 9.90 Å². The summed E-state index contributed by atoms with van der Waals surface area (Å²) in [6, 6.07) is 7.15. The third-order valence-electron chi connectivity index (χ3n) is 9.02. The van der Waals surface area contributed by atoms with Gasteiger partial charge in [-0.15, -0.1) is 0 Å². The second kappa shape index (κ2) is 14.6. The lowest BCUT2D eigenvalue weighted by atomic mass is 9.96. The van der Waals surface area contributed by atoms with E-state index in [0.29, 0.717) is 45.8 Å². The van der Waals surface area contributed by atoms with E-state index in [4.69, 9.17) is 19.2 Å². The SMILES string of the molecule is COc1cc(CCCCC(F)C2CCN(C(C(=O)O)c3cc(C)ccc3COC3CCOCC3)C2)nc2c1CCCN2. The number of halogens is 1. The van der Waals surface area contributed by atoms with Crippen molar-refractivity contribution in [3.05, 3.63) is 52.2 Å². The molecule has 230 valence electrons. The number of hydrogen-bond acceptors (Lipinski definition) is 7. The fraction of sp³-hybridized carbons (Fsp3) is 0.636. The van der Waals surface area contributed by atoms with Crippen LogP contribution in [0.15, 0.2) is 24.3 Å². The Morgan fingerprint density at radius 2 is 2.07 bits per heavy atom. The molecule has 1 aromatic heterocycles. The number of likely N-dealkylation sites (tertiary alicyclic amines) is 1. The summed E-state index contributed by atoms with van der Waals surface area (Å²) in [6.07, 6.45) is 6.46. The highest BCUT2D eigenvalue weighted by Crippen LogP contribution is 2.35. The lowest BCUT2D eigenvalue weighted by Gasteiger charge is -2.28. The molecule has 0 bridgehead atoms. The Hall–Kier alpha value is -2.75. The second-order valence-electron chi connectivity index (χ2n) is 12.0. The third-order valence-corrected chi connectivity index (χ3v) is 9.02. The van der Waals surface area contributed by atoms with Crippen molar-refractivity contribution < 1.29 is 28.5 Å². The van der Waals surface area contributed by atoms with Gasteiger partial charge in [0.05, 0.1) is 19.8 Å². The van der Waals surface area contributed by atoms with E-state index >= 15 is 4.39 Å². The smallest absolute Gasteiger partial charge is 0.325 e. The summed E-state index contributed by atoms with van der Waals surface area (Å²) in [5, 5.41) is 13.7. The number of unbranched alkanes of at least 4 members (excludes halogenated alkanes) is 1. The van der Waals surface area contributed by atoms with Crippen molar-refractivity contribution in [1.82, 2.24) is 9.88 Å². The number of anilines is 1. The average Bonchev–Trinajstić information content (AvgIpc) is 3.48. The standard InChI is InChI=1S/C33H46FN3O5/c1-22-9-10-24(21-42-26-12-16-41-17-13-26)28(18-22)31(33(38)39)37-15-11-23(20-37)29(34)8-4-3-6-25-19-30(40-2)27-7-5-14-35-32(27)36-25/h9-10,18-19,23,26,29,31H,3-8,11-17,20-21H2,1-2H3,(H,35,36)(H,38,39). The molecular weight excluding hydrogens is 537 g/mol. The Labute approximate surface area is 248 Å². The first-order chi connectivity index (χ1) is 20.4. The number of nitrogens with zero attached hydrogens (tertiary/aromatic N) is 2. The highest BCUT2D eigenvalue weighted by Gasteiger charge is 2.37. The summed E-state index contributed by atoms with van der Waals surface area (Å²) < 4.78 is 32.6. The fourth-order valence-corrected chi connectivity index (χ4v) is 6.63. The molecule has 2 fully saturated rings. The number of aromatic nitrogens is 1. The number of carboxylic acid groups (broad SMARTS) is 1. The molecule has 2 aromatic rings. The van der Waals surface area contributed by atoms with Gasteiger partial charge in [0.25, 0.3) is 0 Å². The maximum Gasteiger partial charge on any atom is 0.325 e. The van der Waals surface area contributed by atoms with Gasteiger partial charge in [0.2, 0.25) is 0 Å². The maximum atomic E-state index is 15.4. The molecule has 3 aliphatic rings. The van der Waals surface area contributed by atoms with Gasteiger partial charge in [0.1, 0.15) is 23.8 Å². The van der Waals surface area contributed by atoms with Crippen LogP contribution in [0.25, 0.3) is 0 Å². The maximum absolute atomic E-state index is 15.4. The van der Waals surface area contributed by atoms with Gasteiger partial charge in [0, 0.05) is 49.5 Å². The Morgan fingerprint density at radius 1 is 1.24 bits per heavy atom. The van der Waals surface area contributed by atoms with Gasteiger partial charge in [-0.05, 0) is 76.0 Å².